The van der Waals surface area contributed by atoms with Gasteiger partial charge in [-0.05, 0) is 51.0 Å². The number of nitrogens with two attached hydrogens (primary N) is 1. The summed E-state index contributed by atoms with van der Waals surface area (Å²) in [6.45, 7) is 2.83. The van der Waals surface area contributed by atoms with Crippen LogP contribution in [0.25, 0.3) is 0 Å². The molecule has 5 nitrogen and oxygen atoms in total. The lowest BCUT2D eigenvalue weighted by Gasteiger charge is -2.36. The standard InChI is InChI=1S/C15H28N2O3/c16-11-12-1-3-13(4-2-12)15(19)17-7-5-14(6-8-17)20-10-9-18/h12-14,18H,1-11,16H2. The van der Waals surface area contributed by atoms with Crippen molar-refractivity contribution in [3.8, 4) is 0 Å². The number of nitrogens with zero attached hydrogens (tertiary/aromatic N) is 1. The third kappa shape index (κ3) is 4.17. The average molecular weight is 284 g/mol. The van der Waals surface area contributed by atoms with E-state index in [1.807, 2.05) is 4.90 Å². The van der Waals surface area contributed by atoms with Crippen molar-refractivity contribution in [2.45, 2.75) is 44.6 Å². The van der Waals surface area contributed by atoms with E-state index in [1.54, 1.807) is 0 Å². The number of amides is 1. The van der Waals surface area contributed by atoms with Gasteiger partial charge in [-0.3, -0.25) is 4.79 Å². The molecule has 0 radical (unpaired) electrons. The minimum atomic E-state index is 0.0729. The summed E-state index contributed by atoms with van der Waals surface area (Å²) < 4.78 is 5.53. The summed E-state index contributed by atoms with van der Waals surface area (Å²) in [5.74, 6) is 1.17. The van der Waals surface area contributed by atoms with E-state index >= 15 is 0 Å². The van der Waals surface area contributed by atoms with Gasteiger partial charge in [-0.25, -0.2) is 0 Å². The Morgan fingerprint density at radius 2 is 1.80 bits per heavy atom. The van der Waals surface area contributed by atoms with Crippen molar-refractivity contribution >= 4 is 5.91 Å². The highest BCUT2D eigenvalue weighted by molar-refractivity contribution is 5.79. The quantitative estimate of drug-likeness (QED) is 0.781. The number of aliphatic hydroxyl groups excluding tert-OH is 1. The first-order valence-corrected chi connectivity index (χ1v) is 7.96. The van der Waals surface area contributed by atoms with Crippen LogP contribution < -0.4 is 5.73 Å². The summed E-state index contributed by atoms with van der Waals surface area (Å²) in [5, 5.41) is 8.75. The van der Waals surface area contributed by atoms with Crippen molar-refractivity contribution in [1.82, 2.24) is 4.90 Å². The largest absolute Gasteiger partial charge is 0.394 e. The van der Waals surface area contributed by atoms with E-state index in [1.165, 1.54) is 0 Å². The summed E-state index contributed by atoms with van der Waals surface area (Å²) in [7, 11) is 0. The molecular formula is C15H28N2O3. The zero-order chi connectivity index (χ0) is 14.4. The summed E-state index contributed by atoms with van der Waals surface area (Å²) >= 11 is 0. The maximum absolute atomic E-state index is 12.5. The molecule has 1 saturated heterocycles. The second kappa shape index (κ2) is 7.96. The highest BCUT2D eigenvalue weighted by Gasteiger charge is 2.31. The van der Waals surface area contributed by atoms with Gasteiger partial charge in [0.25, 0.3) is 0 Å². The van der Waals surface area contributed by atoms with Crippen LogP contribution >= 0.6 is 0 Å². The summed E-state index contributed by atoms with van der Waals surface area (Å²) in [6.07, 6.45) is 6.20. The van der Waals surface area contributed by atoms with E-state index in [-0.39, 0.29) is 18.6 Å². The van der Waals surface area contributed by atoms with Crippen molar-refractivity contribution in [2.24, 2.45) is 17.6 Å². The van der Waals surface area contributed by atoms with Gasteiger partial charge in [-0.2, -0.15) is 0 Å². The van der Waals surface area contributed by atoms with Crippen LogP contribution in [0, 0.1) is 11.8 Å². The minimum absolute atomic E-state index is 0.0729. The molecule has 3 N–H and O–H groups in total. The molecular weight excluding hydrogens is 256 g/mol. The fourth-order valence-electron chi connectivity index (χ4n) is 3.37. The predicted molar refractivity (Wildman–Crippen MR) is 77.1 cm³/mol. The fourth-order valence-corrected chi connectivity index (χ4v) is 3.37. The number of hydrogen-bond acceptors (Lipinski definition) is 4. The van der Waals surface area contributed by atoms with Crippen LogP contribution in [0.1, 0.15) is 38.5 Å². The Hall–Kier alpha value is -0.650. The Labute approximate surface area is 121 Å². The highest BCUT2D eigenvalue weighted by atomic mass is 16.5. The van der Waals surface area contributed by atoms with Gasteiger partial charge in [0.05, 0.1) is 19.3 Å². The maximum Gasteiger partial charge on any atom is 0.225 e. The lowest BCUT2D eigenvalue weighted by molar-refractivity contribution is -0.139. The fraction of sp³-hybridized carbons (Fsp3) is 0.933. The summed E-state index contributed by atoms with van der Waals surface area (Å²) in [5.41, 5.74) is 5.70. The Kier molecular flexibility index (Phi) is 6.26. The second-order valence-electron chi connectivity index (χ2n) is 6.07. The first-order chi connectivity index (χ1) is 9.74. The van der Waals surface area contributed by atoms with Crippen LogP contribution in [-0.4, -0.2) is 54.9 Å². The van der Waals surface area contributed by atoms with E-state index in [0.29, 0.717) is 18.4 Å². The van der Waals surface area contributed by atoms with Gasteiger partial charge in [0.1, 0.15) is 0 Å². The second-order valence-corrected chi connectivity index (χ2v) is 6.07. The number of aliphatic hydroxyl groups is 1. The third-order valence-corrected chi connectivity index (χ3v) is 4.73. The van der Waals surface area contributed by atoms with E-state index in [9.17, 15) is 4.79 Å². The summed E-state index contributed by atoms with van der Waals surface area (Å²) in [4.78, 5) is 14.5. The molecule has 5 heteroatoms. The monoisotopic (exact) mass is 284 g/mol. The number of hydrogen-bond donors (Lipinski definition) is 2. The normalized spacial score (nSPS) is 28.6. The number of likely N-dealkylation sites (tertiary alicyclic amines) is 1. The molecule has 20 heavy (non-hydrogen) atoms. The van der Waals surface area contributed by atoms with Crippen LogP contribution in [0.3, 0.4) is 0 Å². The molecule has 1 amide bonds. The first kappa shape index (κ1) is 15.7. The molecule has 2 aliphatic rings. The third-order valence-electron chi connectivity index (χ3n) is 4.73. The number of ether oxygens (including phenoxy) is 1. The smallest absolute Gasteiger partial charge is 0.225 e. The van der Waals surface area contributed by atoms with Crippen molar-refractivity contribution < 1.29 is 14.6 Å². The van der Waals surface area contributed by atoms with Crippen molar-refractivity contribution in [2.75, 3.05) is 32.8 Å². The molecule has 0 aromatic rings. The van der Waals surface area contributed by atoms with Gasteiger partial charge in [0.15, 0.2) is 0 Å². The Balaban J connectivity index is 1.72. The molecule has 0 aromatic heterocycles. The molecule has 116 valence electrons. The molecule has 0 aromatic carbocycles. The molecule has 0 bridgehead atoms. The SMILES string of the molecule is NCC1CCC(C(=O)N2CCC(OCCO)CC2)CC1. The number of carbonyl (C=O) groups excluding carboxylic acids is 1. The minimum Gasteiger partial charge on any atom is -0.394 e. The van der Waals surface area contributed by atoms with E-state index in [4.69, 9.17) is 15.6 Å². The van der Waals surface area contributed by atoms with Crippen molar-refractivity contribution in [1.29, 1.82) is 0 Å². The molecule has 0 spiro atoms. The van der Waals surface area contributed by atoms with Crippen LogP contribution in [0.4, 0.5) is 0 Å². The number of piperidine rings is 1. The van der Waals surface area contributed by atoms with Crippen LogP contribution in [0.5, 0.6) is 0 Å². The molecule has 0 unspecified atom stereocenters. The molecule has 2 fully saturated rings. The Morgan fingerprint density at radius 3 is 2.35 bits per heavy atom. The molecule has 1 aliphatic heterocycles. The molecule has 1 saturated carbocycles. The van der Waals surface area contributed by atoms with Gasteiger partial charge >= 0.3 is 0 Å². The lowest BCUT2D eigenvalue weighted by Crippen LogP contribution is -2.44. The van der Waals surface area contributed by atoms with Crippen molar-refractivity contribution in [3.05, 3.63) is 0 Å². The molecule has 1 heterocycles. The average Bonchev–Trinajstić information content (AvgIpc) is 2.53. The highest BCUT2D eigenvalue weighted by Crippen LogP contribution is 2.30. The van der Waals surface area contributed by atoms with Gasteiger partial charge in [0, 0.05) is 19.0 Å². The zero-order valence-corrected chi connectivity index (χ0v) is 12.3. The van der Waals surface area contributed by atoms with E-state index < -0.39 is 0 Å². The summed E-state index contributed by atoms with van der Waals surface area (Å²) in [6, 6.07) is 0. The topological polar surface area (TPSA) is 75.8 Å². The van der Waals surface area contributed by atoms with Gasteiger partial charge in [-0.1, -0.05) is 0 Å². The molecule has 2 rings (SSSR count). The predicted octanol–water partition coefficient (Wildman–Crippen LogP) is 0.751. The Morgan fingerprint density at radius 1 is 1.15 bits per heavy atom. The number of carbonyl (C=O) groups is 1. The molecule has 0 atom stereocenters. The number of rotatable bonds is 5. The zero-order valence-electron chi connectivity index (χ0n) is 12.3. The first-order valence-electron chi connectivity index (χ1n) is 7.96. The van der Waals surface area contributed by atoms with Gasteiger partial charge in [-0.15, -0.1) is 0 Å². The van der Waals surface area contributed by atoms with Crippen LogP contribution in [0.15, 0.2) is 0 Å². The van der Waals surface area contributed by atoms with Crippen molar-refractivity contribution in [3.63, 3.8) is 0 Å². The lowest BCUT2D eigenvalue weighted by atomic mass is 9.81. The van der Waals surface area contributed by atoms with Gasteiger partial charge < -0.3 is 20.5 Å². The maximum atomic E-state index is 12.5. The van der Waals surface area contributed by atoms with E-state index in [0.717, 1.165) is 58.2 Å². The molecule has 1 aliphatic carbocycles. The Bertz CT molecular complexity index is 295. The van der Waals surface area contributed by atoms with Crippen LogP contribution in [-0.2, 0) is 9.53 Å². The van der Waals surface area contributed by atoms with Gasteiger partial charge in [0.2, 0.25) is 5.91 Å². The van der Waals surface area contributed by atoms with Crippen LogP contribution in [0.2, 0.25) is 0 Å². The van der Waals surface area contributed by atoms with E-state index in [2.05, 4.69) is 0 Å².